The van der Waals surface area contributed by atoms with Crippen LogP contribution < -0.4 is 5.32 Å². The van der Waals surface area contributed by atoms with Gasteiger partial charge in [-0.3, -0.25) is 9.48 Å². The predicted molar refractivity (Wildman–Crippen MR) is 66.4 cm³/mol. The molecule has 5 nitrogen and oxygen atoms in total. The molecule has 0 aromatic carbocycles. The van der Waals surface area contributed by atoms with E-state index in [4.69, 9.17) is 16.7 Å². The Labute approximate surface area is 106 Å². The van der Waals surface area contributed by atoms with E-state index in [9.17, 15) is 4.79 Å². The lowest BCUT2D eigenvalue weighted by Gasteiger charge is -2.14. The molecule has 0 bridgehead atoms. The highest BCUT2D eigenvalue weighted by Crippen LogP contribution is 2.18. The number of carbonyl (C=O) groups is 1. The SMILES string of the molecule is CCCNC(Cn1nc(C)c(Cl)c1C)C(=O)O. The van der Waals surface area contributed by atoms with Crippen LogP contribution in [0.3, 0.4) is 0 Å². The zero-order chi connectivity index (χ0) is 13.0. The molecule has 0 aliphatic carbocycles. The first-order chi connectivity index (χ1) is 7.97. The minimum Gasteiger partial charge on any atom is -0.480 e. The number of nitrogens with one attached hydrogen (secondary N) is 1. The summed E-state index contributed by atoms with van der Waals surface area (Å²) in [5.74, 6) is -0.873. The van der Waals surface area contributed by atoms with Crippen molar-refractivity contribution < 1.29 is 9.90 Å². The zero-order valence-electron chi connectivity index (χ0n) is 10.3. The summed E-state index contributed by atoms with van der Waals surface area (Å²) in [4.78, 5) is 11.1. The fraction of sp³-hybridized carbons (Fsp3) is 0.636. The van der Waals surface area contributed by atoms with Crippen LogP contribution in [-0.2, 0) is 11.3 Å². The van der Waals surface area contributed by atoms with Crippen LogP contribution in [0.2, 0.25) is 5.02 Å². The maximum absolute atomic E-state index is 11.1. The van der Waals surface area contributed by atoms with E-state index in [-0.39, 0.29) is 6.54 Å². The molecular formula is C11H18ClN3O2. The Morgan fingerprint density at radius 1 is 1.59 bits per heavy atom. The van der Waals surface area contributed by atoms with Crippen LogP contribution >= 0.6 is 11.6 Å². The summed E-state index contributed by atoms with van der Waals surface area (Å²) in [5.41, 5.74) is 1.53. The summed E-state index contributed by atoms with van der Waals surface area (Å²) in [6, 6.07) is -0.635. The Morgan fingerprint density at radius 2 is 2.24 bits per heavy atom. The quantitative estimate of drug-likeness (QED) is 0.815. The van der Waals surface area contributed by atoms with Gasteiger partial charge >= 0.3 is 5.97 Å². The number of carboxylic acids is 1. The molecule has 0 amide bonds. The van der Waals surface area contributed by atoms with E-state index in [1.54, 1.807) is 11.6 Å². The molecule has 0 aliphatic heterocycles. The van der Waals surface area contributed by atoms with E-state index in [1.165, 1.54) is 0 Å². The summed E-state index contributed by atoms with van der Waals surface area (Å²) < 4.78 is 1.64. The molecule has 1 heterocycles. The summed E-state index contributed by atoms with van der Waals surface area (Å²) in [7, 11) is 0. The van der Waals surface area contributed by atoms with Gasteiger partial charge < -0.3 is 10.4 Å². The van der Waals surface area contributed by atoms with Gasteiger partial charge in [-0.15, -0.1) is 0 Å². The molecular weight excluding hydrogens is 242 g/mol. The molecule has 0 saturated heterocycles. The first-order valence-corrected chi connectivity index (χ1v) is 6.00. The molecule has 1 unspecified atom stereocenters. The van der Waals surface area contributed by atoms with Gasteiger partial charge in [-0.2, -0.15) is 5.10 Å². The molecule has 17 heavy (non-hydrogen) atoms. The summed E-state index contributed by atoms with van der Waals surface area (Å²) >= 11 is 6.01. The van der Waals surface area contributed by atoms with Gasteiger partial charge in [0.25, 0.3) is 0 Å². The molecule has 1 atom stereocenters. The molecule has 1 aromatic heterocycles. The number of nitrogens with zero attached hydrogens (tertiary/aromatic N) is 2. The third kappa shape index (κ3) is 3.44. The maximum Gasteiger partial charge on any atom is 0.322 e. The molecule has 96 valence electrons. The molecule has 6 heteroatoms. The number of halogens is 1. The van der Waals surface area contributed by atoms with E-state index in [0.717, 1.165) is 17.8 Å². The molecule has 0 fully saturated rings. The molecule has 0 spiro atoms. The van der Waals surface area contributed by atoms with Crippen molar-refractivity contribution in [1.82, 2.24) is 15.1 Å². The Bertz CT molecular complexity index is 404. The lowest BCUT2D eigenvalue weighted by Crippen LogP contribution is -2.41. The first kappa shape index (κ1) is 14.0. The van der Waals surface area contributed by atoms with E-state index >= 15 is 0 Å². The lowest BCUT2D eigenvalue weighted by molar-refractivity contribution is -0.139. The molecule has 1 aromatic rings. The number of hydrogen-bond donors (Lipinski definition) is 2. The van der Waals surface area contributed by atoms with Crippen molar-refractivity contribution in [2.24, 2.45) is 0 Å². The predicted octanol–water partition coefficient (Wildman–Crippen LogP) is 1.61. The summed E-state index contributed by atoms with van der Waals surface area (Å²) in [5, 5.41) is 16.9. The average Bonchev–Trinajstić information content (AvgIpc) is 2.51. The fourth-order valence-electron chi connectivity index (χ4n) is 1.57. The third-order valence-electron chi connectivity index (χ3n) is 2.59. The Balaban J connectivity index is 2.78. The second kappa shape index (κ2) is 6.02. The molecule has 0 aliphatic rings. The molecule has 0 saturated carbocycles. The van der Waals surface area contributed by atoms with Gasteiger partial charge in [-0.25, -0.2) is 0 Å². The van der Waals surface area contributed by atoms with Gasteiger partial charge in [0, 0.05) is 0 Å². The molecule has 0 radical (unpaired) electrons. The van der Waals surface area contributed by atoms with Crippen LogP contribution in [0.15, 0.2) is 0 Å². The van der Waals surface area contributed by atoms with E-state index in [1.807, 2.05) is 13.8 Å². The fourth-order valence-corrected chi connectivity index (χ4v) is 1.71. The number of carboxylic acid groups (broad SMARTS) is 1. The van der Waals surface area contributed by atoms with Gasteiger partial charge in [0.1, 0.15) is 6.04 Å². The molecule has 1 rings (SSSR count). The van der Waals surface area contributed by atoms with Gasteiger partial charge in [0.2, 0.25) is 0 Å². The van der Waals surface area contributed by atoms with Crippen molar-refractivity contribution in [3.05, 3.63) is 16.4 Å². The minimum absolute atomic E-state index is 0.286. The van der Waals surface area contributed by atoms with Crippen molar-refractivity contribution in [1.29, 1.82) is 0 Å². The highest BCUT2D eigenvalue weighted by molar-refractivity contribution is 6.31. The van der Waals surface area contributed by atoms with Crippen LogP contribution in [0.5, 0.6) is 0 Å². The first-order valence-electron chi connectivity index (χ1n) is 5.63. The van der Waals surface area contributed by atoms with Crippen LogP contribution in [0.25, 0.3) is 0 Å². The standard InChI is InChI=1S/C11H18ClN3O2/c1-4-5-13-9(11(16)17)6-15-8(3)10(12)7(2)14-15/h9,13H,4-6H2,1-3H3,(H,16,17). The van der Waals surface area contributed by atoms with E-state index in [0.29, 0.717) is 11.6 Å². The largest absolute Gasteiger partial charge is 0.480 e. The van der Waals surface area contributed by atoms with Crippen molar-refractivity contribution in [3.8, 4) is 0 Å². The summed E-state index contributed by atoms with van der Waals surface area (Å²) in [6.45, 7) is 6.59. The Morgan fingerprint density at radius 3 is 2.65 bits per heavy atom. The second-order valence-corrected chi connectivity index (χ2v) is 4.39. The third-order valence-corrected chi connectivity index (χ3v) is 3.13. The number of rotatable bonds is 6. The van der Waals surface area contributed by atoms with Crippen LogP contribution in [0.1, 0.15) is 24.7 Å². The topological polar surface area (TPSA) is 67.2 Å². The van der Waals surface area contributed by atoms with Crippen LogP contribution in [0.4, 0.5) is 0 Å². The Kier molecular flexibility index (Phi) is 4.96. The highest BCUT2D eigenvalue weighted by Gasteiger charge is 2.19. The van der Waals surface area contributed by atoms with E-state index in [2.05, 4.69) is 10.4 Å². The van der Waals surface area contributed by atoms with Gasteiger partial charge in [0.05, 0.1) is 23.0 Å². The van der Waals surface area contributed by atoms with Gasteiger partial charge in [-0.1, -0.05) is 18.5 Å². The van der Waals surface area contributed by atoms with Gasteiger partial charge in [0.15, 0.2) is 0 Å². The zero-order valence-corrected chi connectivity index (χ0v) is 11.1. The highest BCUT2D eigenvalue weighted by atomic mass is 35.5. The second-order valence-electron chi connectivity index (χ2n) is 4.01. The van der Waals surface area contributed by atoms with Crippen molar-refractivity contribution in [2.45, 2.75) is 39.8 Å². The van der Waals surface area contributed by atoms with Gasteiger partial charge in [-0.05, 0) is 26.8 Å². The van der Waals surface area contributed by atoms with Crippen molar-refractivity contribution in [2.75, 3.05) is 6.54 Å². The van der Waals surface area contributed by atoms with Crippen LogP contribution in [-0.4, -0.2) is 33.4 Å². The monoisotopic (exact) mass is 259 g/mol. The van der Waals surface area contributed by atoms with E-state index < -0.39 is 12.0 Å². The van der Waals surface area contributed by atoms with Crippen LogP contribution in [0, 0.1) is 13.8 Å². The molecule has 2 N–H and O–H groups in total. The lowest BCUT2D eigenvalue weighted by atomic mass is 10.3. The number of aromatic nitrogens is 2. The number of aryl methyl sites for hydroxylation is 1. The van der Waals surface area contributed by atoms with Crippen molar-refractivity contribution >= 4 is 17.6 Å². The average molecular weight is 260 g/mol. The minimum atomic E-state index is -0.873. The normalized spacial score (nSPS) is 12.7. The maximum atomic E-state index is 11.1. The number of hydrogen-bond acceptors (Lipinski definition) is 3. The smallest absolute Gasteiger partial charge is 0.322 e. The Hall–Kier alpha value is -1.07. The summed E-state index contributed by atoms with van der Waals surface area (Å²) in [6.07, 6.45) is 0.891. The van der Waals surface area contributed by atoms with Crippen molar-refractivity contribution in [3.63, 3.8) is 0 Å². The number of aliphatic carboxylic acids is 1.